The lowest BCUT2D eigenvalue weighted by Gasteiger charge is -2.23. The first-order chi connectivity index (χ1) is 8.44. The van der Waals surface area contributed by atoms with Gasteiger partial charge in [0.05, 0.1) is 12.7 Å². The number of hydrogen-bond acceptors (Lipinski definition) is 5. The van der Waals surface area contributed by atoms with E-state index >= 15 is 0 Å². The second kappa shape index (κ2) is 6.46. The van der Waals surface area contributed by atoms with Gasteiger partial charge in [0.15, 0.2) is 5.69 Å². The van der Waals surface area contributed by atoms with Crippen molar-refractivity contribution >= 4 is 5.97 Å². The normalized spacial score (nSPS) is 11.7. The van der Waals surface area contributed by atoms with E-state index in [1.165, 1.54) is 10.9 Å². The number of rotatable bonds is 8. The van der Waals surface area contributed by atoms with Gasteiger partial charge in [0.25, 0.3) is 0 Å². The molecule has 1 aromatic rings. The number of carboxylic acid groups (broad SMARTS) is 1. The van der Waals surface area contributed by atoms with Gasteiger partial charge < -0.3 is 15.5 Å². The Morgan fingerprint density at radius 3 is 2.83 bits per heavy atom. The molecule has 7 heteroatoms. The van der Waals surface area contributed by atoms with E-state index in [1.54, 1.807) is 0 Å². The van der Waals surface area contributed by atoms with E-state index < -0.39 is 5.97 Å². The Morgan fingerprint density at radius 1 is 1.56 bits per heavy atom. The van der Waals surface area contributed by atoms with E-state index in [-0.39, 0.29) is 17.7 Å². The van der Waals surface area contributed by atoms with Gasteiger partial charge in [-0.15, -0.1) is 5.10 Å². The quantitative estimate of drug-likeness (QED) is 0.565. The van der Waals surface area contributed by atoms with Crippen LogP contribution in [-0.4, -0.2) is 50.9 Å². The summed E-state index contributed by atoms with van der Waals surface area (Å²) in [6.45, 7) is 6.36. The van der Waals surface area contributed by atoms with Crippen LogP contribution >= 0.6 is 0 Å². The van der Waals surface area contributed by atoms with Crippen LogP contribution in [0.5, 0.6) is 0 Å². The van der Waals surface area contributed by atoms with Crippen molar-refractivity contribution in [3.63, 3.8) is 0 Å². The summed E-state index contributed by atoms with van der Waals surface area (Å²) in [4.78, 5) is 10.6. The van der Waals surface area contributed by atoms with Crippen LogP contribution in [0.2, 0.25) is 0 Å². The highest BCUT2D eigenvalue weighted by molar-refractivity contribution is 5.84. The summed E-state index contributed by atoms with van der Waals surface area (Å²) in [6, 6.07) is 0. The fraction of sp³-hybridized carbons (Fsp3) is 0.727. The van der Waals surface area contributed by atoms with Crippen LogP contribution in [-0.2, 0) is 6.54 Å². The van der Waals surface area contributed by atoms with E-state index in [0.29, 0.717) is 13.1 Å². The molecule has 1 heterocycles. The Kier molecular flexibility index (Phi) is 5.24. The maximum atomic E-state index is 10.6. The molecule has 7 nitrogen and oxygen atoms in total. The summed E-state index contributed by atoms with van der Waals surface area (Å²) in [6.07, 6.45) is 2.15. The standard InChI is InChI=1S/C11H20N4O3/c1-11(2,3-6-16)8-12-4-5-15-7-9(10(17)18)13-14-15/h7,12,16H,3-6,8H2,1-2H3,(H,17,18). The number of aliphatic hydroxyl groups is 1. The lowest BCUT2D eigenvalue weighted by Crippen LogP contribution is -2.32. The van der Waals surface area contributed by atoms with Gasteiger partial charge in [0.2, 0.25) is 0 Å². The SMILES string of the molecule is CC(C)(CCO)CNCCn1cc(C(=O)O)nn1. The van der Waals surface area contributed by atoms with Crippen molar-refractivity contribution in [2.24, 2.45) is 5.41 Å². The van der Waals surface area contributed by atoms with Crippen molar-refractivity contribution in [2.45, 2.75) is 26.8 Å². The van der Waals surface area contributed by atoms with Crippen molar-refractivity contribution in [3.05, 3.63) is 11.9 Å². The second-order valence-corrected chi connectivity index (χ2v) is 4.99. The molecule has 0 saturated heterocycles. The van der Waals surface area contributed by atoms with E-state index in [1.807, 2.05) is 0 Å². The van der Waals surface area contributed by atoms with Gasteiger partial charge >= 0.3 is 5.97 Å². The minimum atomic E-state index is -1.07. The van der Waals surface area contributed by atoms with E-state index in [4.69, 9.17) is 10.2 Å². The smallest absolute Gasteiger partial charge is 0.358 e. The molecule has 0 amide bonds. The van der Waals surface area contributed by atoms with Gasteiger partial charge in [-0.1, -0.05) is 19.1 Å². The fourth-order valence-electron chi connectivity index (χ4n) is 1.52. The zero-order valence-electron chi connectivity index (χ0n) is 10.8. The van der Waals surface area contributed by atoms with Gasteiger partial charge in [0.1, 0.15) is 0 Å². The van der Waals surface area contributed by atoms with Crippen LogP contribution in [0.15, 0.2) is 6.20 Å². The van der Waals surface area contributed by atoms with Gasteiger partial charge in [-0.05, 0) is 11.8 Å². The molecule has 0 saturated carbocycles. The predicted octanol–water partition coefficient (Wildman–Crippen LogP) is -0.0255. The maximum Gasteiger partial charge on any atom is 0.358 e. The first-order valence-electron chi connectivity index (χ1n) is 5.89. The molecule has 0 aliphatic heterocycles. The molecule has 0 radical (unpaired) electrons. The number of aliphatic hydroxyl groups excluding tert-OH is 1. The third-order valence-electron chi connectivity index (χ3n) is 2.67. The molecule has 0 aliphatic carbocycles. The van der Waals surface area contributed by atoms with Gasteiger partial charge in [-0.3, -0.25) is 4.68 Å². The van der Waals surface area contributed by atoms with Gasteiger partial charge in [-0.25, -0.2) is 4.79 Å². The number of nitrogens with one attached hydrogen (secondary N) is 1. The van der Waals surface area contributed by atoms with Crippen LogP contribution in [0.3, 0.4) is 0 Å². The highest BCUT2D eigenvalue weighted by Gasteiger charge is 2.16. The lowest BCUT2D eigenvalue weighted by molar-refractivity contribution is 0.0690. The molecule has 18 heavy (non-hydrogen) atoms. The molecule has 1 rings (SSSR count). The highest BCUT2D eigenvalue weighted by atomic mass is 16.4. The first kappa shape index (κ1) is 14.6. The summed E-state index contributed by atoms with van der Waals surface area (Å²) < 4.78 is 1.50. The summed E-state index contributed by atoms with van der Waals surface area (Å²) >= 11 is 0. The van der Waals surface area contributed by atoms with Crippen molar-refractivity contribution in [1.29, 1.82) is 0 Å². The number of hydrogen-bond donors (Lipinski definition) is 3. The first-order valence-corrected chi connectivity index (χ1v) is 5.89. The van der Waals surface area contributed by atoms with Crippen LogP contribution in [0.4, 0.5) is 0 Å². The number of nitrogens with zero attached hydrogens (tertiary/aromatic N) is 3. The third kappa shape index (κ3) is 4.80. The summed E-state index contributed by atoms with van der Waals surface area (Å²) in [5.41, 5.74) is -0.000750. The summed E-state index contributed by atoms with van der Waals surface area (Å²) in [5.74, 6) is -1.07. The van der Waals surface area contributed by atoms with Crippen molar-refractivity contribution in [1.82, 2.24) is 20.3 Å². The molecule has 102 valence electrons. The Balaban J connectivity index is 2.27. The average molecular weight is 256 g/mol. The van der Waals surface area contributed by atoms with Crippen LogP contribution < -0.4 is 5.32 Å². The fourth-order valence-corrected chi connectivity index (χ4v) is 1.52. The Bertz CT molecular complexity index is 389. The zero-order chi connectivity index (χ0) is 13.6. The zero-order valence-corrected chi connectivity index (χ0v) is 10.8. The number of aromatic carboxylic acids is 1. The molecule has 0 aromatic carbocycles. The van der Waals surface area contributed by atoms with Crippen LogP contribution in [0, 0.1) is 5.41 Å². The minimum absolute atomic E-state index is 0.0450. The Hall–Kier alpha value is -1.47. The van der Waals surface area contributed by atoms with E-state index in [0.717, 1.165) is 13.0 Å². The summed E-state index contributed by atoms with van der Waals surface area (Å²) in [5, 5.41) is 28.1. The number of carbonyl (C=O) groups is 1. The minimum Gasteiger partial charge on any atom is -0.476 e. The van der Waals surface area contributed by atoms with Crippen LogP contribution in [0.25, 0.3) is 0 Å². The molecule has 3 N–H and O–H groups in total. The van der Waals surface area contributed by atoms with Gasteiger partial charge in [-0.2, -0.15) is 0 Å². The van der Waals surface area contributed by atoms with E-state index in [9.17, 15) is 4.79 Å². The molecule has 0 aliphatic rings. The molecule has 0 spiro atoms. The Morgan fingerprint density at radius 2 is 2.28 bits per heavy atom. The molecular weight excluding hydrogens is 236 g/mol. The van der Waals surface area contributed by atoms with Gasteiger partial charge in [0, 0.05) is 19.7 Å². The van der Waals surface area contributed by atoms with Crippen molar-refractivity contribution in [2.75, 3.05) is 19.7 Å². The third-order valence-corrected chi connectivity index (χ3v) is 2.67. The average Bonchev–Trinajstić information content (AvgIpc) is 2.73. The topological polar surface area (TPSA) is 100 Å². The number of carboxylic acids is 1. The lowest BCUT2D eigenvalue weighted by atomic mass is 9.90. The molecule has 0 bridgehead atoms. The van der Waals surface area contributed by atoms with Crippen molar-refractivity contribution < 1.29 is 15.0 Å². The summed E-state index contributed by atoms with van der Waals surface area (Å²) in [7, 11) is 0. The number of aromatic nitrogens is 3. The van der Waals surface area contributed by atoms with Crippen molar-refractivity contribution in [3.8, 4) is 0 Å². The van der Waals surface area contributed by atoms with E-state index in [2.05, 4.69) is 29.5 Å². The molecular formula is C11H20N4O3. The predicted molar refractivity (Wildman–Crippen MR) is 65.3 cm³/mol. The molecule has 0 atom stereocenters. The molecule has 0 unspecified atom stereocenters. The second-order valence-electron chi connectivity index (χ2n) is 4.99. The maximum absolute atomic E-state index is 10.6. The molecule has 0 fully saturated rings. The Labute approximate surface area is 106 Å². The molecule has 1 aromatic heterocycles. The largest absolute Gasteiger partial charge is 0.476 e. The van der Waals surface area contributed by atoms with Crippen LogP contribution in [0.1, 0.15) is 30.8 Å². The highest BCUT2D eigenvalue weighted by Crippen LogP contribution is 2.17. The monoisotopic (exact) mass is 256 g/mol.